The standard InChI is InChI=1S/C13H13NO3S/c1-8-5-10(9(2)12(15)16)7-11(6-8)17-13-14-3-4-18-13/h3-7,9H,1-2H3,(H,15,16). The normalized spacial score (nSPS) is 12.1. The van der Waals surface area contributed by atoms with Crippen molar-refractivity contribution in [2.45, 2.75) is 19.8 Å². The quantitative estimate of drug-likeness (QED) is 0.918. The fraction of sp³-hybridized carbons (Fsp3) is 0.231. The van der Waals surface area contributed by atoms with Gasteiger partial charge in [-0.1, -0.05) is 17.4 Å². The fourth-order valence-corrected chi connectivity index (χ4v) is 2.09. The molecule has 0 aliphatic rings. The highest BCUT2D eigenvalue weighted by molar-refractivity contribution is 7.11. The lowest BCUT2D eigenvalue weighted by Gasteiger charge is -2.10. The summed E-state index contributed by atoms with van der Waals surface area (Å²) >= 11 is 1.39. The molecule has 94 valence electrons. The van der Waals surface area contributed by atoms with Gasteiger partial charge in [-0.3, -0.25) is 4.79 Å². The number of aryl methyl sites for hydroxylation is 1. The Bertz CT molecular complexity index is 551. The summed E-state index contributed by atoms with van der Waals surface area (Å²) in [6, 6.07) is 5.46. The Kier molecular flexibility index (Phi) is 3.62. The summed E-state index contributed by atoms with van der Waals surface area (Å²) in [4.78, 5) is 15.0. The average molecular weight is 263 g/mol. The van der Waals surface area contributed by atoms with Gasteiger partial charge in [0.15, 0.2) is 0 Å². The average Bonchev–Trinajstić information content (AvgIpc) is 2.79. The van der Waals surface area contributed by atoms with Crippen molar-refractivity contribution in [1.82, 2.24) is 4.98 Å². The van der Waals surface area contributed by atoms with E-state index in [9.17, 15) is 4.79 Å². The van der Waals surface area contributed by atoms with Crippen LogP contribution in [0.4, 0.5) is 0 Å². The number of thiazole rings is 1. The molecule has 1 atom stereocenters. The zero-order chi connectivity index (χ0) is 13.1. The van der Waals surface area contributed by atoms with Crippen LogP contribution in [0.5, 0.6) is 10.9 Å². The van der Waals surface area contributed by atoms with Crippen LogP contribution in [0.3, 0.4) is 0 Å². The van der Waals surface area contributed by atoms with Gasteiger partial charge in [-0.25, -0.2) is 4.98 Å². The highest BCUT2D eigenvalue weighted by atomic mass is 32.1. The van der Waals surface area contributed by atoms with E-state index in [-0.39, 0.29) is 0 Å². The van der Waals surface area contributed by atoms with Crippen LogP contribution in [-0.2, 0) is 4.79 Å². The van der Waals surface area contributed by atoms with Crippen LogP contribution in [0.25, 0.3) is 0 Å². The number of ether oxygens (including phenoxy) is 1. The van der Waals surface area contributed by atoms with Crippen LogP contribution < -0.4 is 4.74 Å². The molecule has 0 aliphatic heterocycles. The fourth-order valence-electron chi connectivity index (χ4n) is 1.59. The molecule has 1 N–H and O–H groups in total. The number of benzene rings is 1. The first-order valence-electron chi connectivity index (χ1n) is 5.48. The van der Waals surface area contributed by atoms with Crippen LogP contribution in [0, 0.1) is 6.92 Å². The van der Waals surface area contributed by atoms with Crippen LogP contribution in [0.1, 0.15) is 24.0 Å². The molecular formula is C13H13NO3S. The Labute approximate surface area is 109 Å². The van der Waals surface area contributed by atoms with Crippen molar-refractivity contribution in [2.75, 3.05) is 0 Å². The second kappa shape index (κ2) is 5.18. The molecule has 0 amide bonds. The minimum atomic E-state index is -0.846. The SMILES string of the molecule is Cc1cc(Oc2nccs2)cc(C(C)C(=O)O)c1. The first-order chi connectivity index (χ1) is 8.56. The molecule has 0 saturated heterocycles. The largest absolute Gasteiger partial charge is 0.481 e. The number of aliphatic carboxylic acids is 1. The van der Waals surface area contributed by atoms with Crippen molar-refractivity contribution >= 4 is 17.3 Å². The van der Waals surface area contributed by atoms with Crippen LogP contribution in [-0.4, -0.2) is 16.1 Å². The number of rotatable bonds is 4. The van der Waals surface area contributed by atoms with Gasteiger partial charge in [0, 0.05) is 11.6 Å². The van der Waals surface area contributed by atoms with Crippen molar-refractivity contribution < 1.29 is 14.6 Å². The van der Waals surface area contributed by atoms with Gasteiger partial charge in [0.25, 0.3) is 5.19 Å². The maximum absolute atomic E-state index is 11.0. The van der Waals surface area contributed by atoms with Gasteiger partial charge < -0.3 is 9.84 Å². The Morgan fingerprint density at radius 2 is 2.22 bits per heavy atom. The predicted molar refractivity (Wildman–Crippen MR) is 69.4 cm³/mol. The second-order valence-electron chi connectivity index (χ2n) is 4.04. The first-order valence-corrected chi connectivity index (χ1v) is 6.36. The summed E-state index contributed by atoms with van der Waals surface area (Å²) < 4.78 is 5.58. The maximum Gasteiger partial charge on any atom is 0.310 e. The van der Waals surface area contributed by atoms with E-state index in [1.807, 2.05) is 24.4 Å². The van der Waals surface area contributed by atoms with Crippen molar-refractivity contribution in [3.05, 3.63) is 40.9 Å². The number of carboxylic acid groups (broad SMARTS) is 1. The van der Waals surface area contributed by atoms with E-state index < -0.39 is 11.9 Å². The Morgan fingerprint density at radius 1 is 1.44 bits per heavy atom. The maximum atomic E-state index is 11.0. The Hall–Kier alpha value is -1.88. The third kappa shape index (κ3) is 2.87. The number of carbonyl (C=O) groups is 1. The molecule has 0 bridgehead atoms. The number of hydrogen-bond donors (Lipinski definition) is 1. The molecule has 1 heterocycles. The minimum Gasteiger partial charge on any atom is -0.481 e. The molecule has 2 rings (SSSR count). The highest BCUT2D eigenvalue weighted by Gasteiger charge is 2.15. The lowest BCUT2D eigenvalue weighted by Crippen LogP contribution is -2.07. The van der Waals surface area contributed by atoms with Gasteiger partial charge >= 0.3 is 5.97 Å². The molecule has 5 heteroatoms. The van der Waals surface area contributed by atoms with Crippen LogP contribution >= 0.6 is 11.3 Å². The summed E-state index contributed by atoms with van der Waals surface area (Å²) in [5, 5.41) is 11.4. The monoisotopic (exact) mass is 263 g/mol. The zero-order valence-corrected chi connectivity index (χ0v) is 10.9. The van der Waals surface area contributed by atoms with Gasteiger partial charge in [0.05, 0.1) is 5.92 Å². The van der Waals surface area contributed by atoms with Crippen molar-refractivity contribution in [3.8, 4) is 10.9 Å². The van der Waals surface area contributed by atoms with Gasteiger partial charge in [0.2, 0.25) is 0 Å². The van der Waals surface area contributed by atoms with Crippen molar-refractivity contribution in [1.29, 1.82) is 0 Å². The van der Waals surface area contributed by atoms with Gasteiger partial charge in [-0.15, -0.1) is 0 Å². The van der Waals surface area contributed by atoms with Crippen molar-refractivity contribution in [3.63, 3.8) is 0 Å². The number of carboxylic acids is 1. The topological polar surface area (TPSA) is 59.4 Å². The summed E-state index contributed by atoms with van der Waals surface area (Å²) in [6.07, 6.45) is 1.66. The first kappa shape index (κ1) is 12.6. The van der Waals surface area contributed by atoms with Gasteiger partial charge in [-0.2, -0.15) is 0 Å². The van der Waals surface area contributed by atoms with E-state index in [0.29, 0.717) is 10.9 Å². The minimum absolute atomic E-state index is 0.550. The van der Waals surface area contributed by atoms with E-state index in [0.717, 1.165) is 11.1 Å². The lowest BCUT2D eigenvalue weighted by molar-refractivity contribution is -0.138. The van der Waals surface area contributed by atoms with Crippen LogP contribution in [0.2, 0.25) is 0 Å². The molecule has 0 spiro atoms. The third-order valence-electron chi connectivity index (χ3n) is 2.56. The molecule has 0 saturated carbocycles. The molecule has 0 aliphatic carbocycles. The lowest BCUT2D eigenvalue weighted by atomic mass is 9.99. The molecule has 1 unspecified atom stereocenters. The molecule has 4 nitrogen and oxygen atoms in total. The predicted octanol–water partition coefficient (Wildman–Crippen LogP) is 3.43. The van der Waals surface area contributed by atoms with E-state index >= 15 is 0 Å². The molecule has 18 heavy (non-hydrogen) atoms. The smallest absolute Gasteiger partial charge is 0.310 e. The Morgan fingerprint density at radius 3 is 2.83 bits per heavy atom. The van der Waals surface area contributed by atoms with Gasteiger partial charge in [0.1, 0.15) is 5.75 Å². The van der Waals surface area contributed by atoms with E-state index in [2.05, 4.69) is 4.98 Å². The molecule has 0 radical (unpaired) electrons. The highest BCUT2D eigenvalue weighted by Crippen LogP contribution is 2.28. The Balaban J connectivity index is 2.29. The van der Waals surface area contributed by atoms with Crippen molar-refractivity contribution in [2.24, 2.45) is 0 Å². The number of nitrogens with zero attached hydrogens (tertiary/aromatic N) is 1. The number of aromatic nitrogens is 1. The second-order valence-corrected chi connectivity index (χ2v) is 4.90. The molecular weight excluding hydrogens is 250 g/mol. The molecule has 1 aromatic carbocycles. The molecule has 2 aromatic rings. The van der Waals surface area contributed by atoms with E-state index in [1.54, 1.807) is 19.2 Å². The number of hydrogen-bond acceptors (Lipinski definition) is 4. The molecule has 0 fully saturated rings. The van der Waals surface area contributed by atoms with Gasteiger partial charge in [-0.05, 0) is 37.1 Å². The van der Waals surface area contributed by atoms with Crippen LogP contribution in [0.15, 0.2) is 29.8 Å². The third-order valence-corrected chi connectivity index (χ3v) is 3.21. The summed E-state index contributed by atoms with van der Waals surface area (Å²) in [5.41, 5.74) is 1.70. The molecule has 1 aromatic heterocycles. The summed E-state index contributed by atoms with van der Waals surface area (Å²) in [7, 11) is 0. The zero-order valence-electron chi connectivity index (χ0n) is 10.1. The van der Waals surface area contributed by atoms with E-state index in [4.69, 9.17) is 9.84 Å². The summed E-state index contributed by atoms with van der Waals surface area (Å²) in [5.74, 6) is -0.780. The summed E-state index contributed by atoms with van der Waals surface area (Å²) in [6.45, 7) is 3.57. The van der Waals surface area contributed by atoms with E-state index in [1.165, 1.54) is 11.3 Å².